The zero-order valence-electron chi connectivity index (χ0n) is 13.2. The summed E-state index contributed by atoms with van der Waals surface area (Å²) in [5, 5.41) is 3.91. The van der Waals surface area contributed by atoms with Gasteiger partial charge in [-0.25, -0.2) is 4.98 Å². The Balaban J connectivity index is 2.13. The number of aromatic nitrogens is 1. The first-order chi connectivity index (χ1) is 9.93. The minimum Gasteiger partial charge on any atom is -0.382 e. The van der Waals surface area contributed by atoms with Crippen molar-refractivity contribution >= 4 is 28.2 Å². The van der Waals surface area contributed by atoms with Gasteiger partial charge in [0.2, 0.25) is 0 Å². The van der Waals surface area contributed by atoms with E-state index in [0.29, 0.717) is 10.7 Å². The molecule has 1 saturated heterocycles. The maximum absolute atomic E-state index is 12.4. The second kappa shape index (κ2) is 6.64. The average molecular weight is 310 g/mol. The summed E-state index contributed by atoms with van der Waals surface area (Å²) in [5.41, 5.74) is 5.73. The Morgan fingerprint density at radius 3 is 2.52 bits per heavy atom. The second-order valence-electron chi connectivity index (χ2n) is 6.30. The van der Waals surface area contributed by atoms with Crippen LogP contribution in [0.4, 0.5) is 10.9 Å². The number of nitrogens with one attached hydrogen (secondary N) is 1. The Hall–Kier alpha value is -1.30. The molecule has 0 unspecified atom stereocenters. The molecule has 0 atom stereocenters. The molecule has 2 heterocycles. The van der Waals surface area contributed by atoms with Crippen LogP contribution in [0, 0.1) is 0 Å². The molecule has 118 valence electrons. The predicted molar refractivity (Wildman–Crippen MR) is 89.0 cm³/mol. The Morgan fingerprint density at radius 2 is 1.95 bits per heavy atom. The van der Waals surface area contributed by atoms with Gasteiger partial charge in [0.25, 0.3) is 5.91 Å². The summed E-state index contributed by atoms with van der Waals surface area (Å²) < 4.78 is 0. The number of hydrogen-bond donors (Lipinski definition) is 2. The Kier molecular flexibility index (Phi) is 5.08. The first-order valence-corrected chi connectivity index (χ1v) is 8.58. The molecule has 0 aromatic carbocycles. The monoisotopic (exact) mass is 310 g/mol. The molecule has 0 bridgehead atoms. The number of anilines is 2. The maximum Gasteiger partial charge on any atom is 0.265 e. The third-order valence-corrected chi connectivity index (χ3v) is 5.19. The lowest BCUT2D eigenvalue weighted by Gasteiger charge is -2.24. The van der Waals surface area contributed by atoms with E-state index in [4.69, 9.17) is 5.73 Å². The standard InChI is InChI=1S/C15H26N4OS/c1-4-15(2,3)18-13(20)11-12(16)17-14(21-11)19-9-7-5-6-8-10-19/h4-10,16H2,1-3H3,(H,18,20). The third-order valence-electron chi connectivity index (χ3n) is 4.06. The van der Waals surface area contributed by atoms with Crippen LogP contribution in [0.1, 0.15) is 62.5 Å². The van der Waals surface area contributed by atoms with Crippen LogP contribution in [0.3, 0.4) is 0 Å². The van der Waals surface area contributed by atoms with E-state index in [9.17, 15) is 4.79 Å². The van der Waals surface area contributed by atoms with E-state index in [-0.39, 0.29) is 11.4 Å². The number of nitrogens with two attached hydrogens (primary N) is 1. The summed E-state index contributed by atoms with van der Waals surface area (Å²) in [5.74, 6) is 0.238. The van der Waals surface area contributed by atoms with Crippen molar-refractivity contribution in [1.82, 2.24) is 10.3 Å². The number of carbonyl (C=O) groups excluding carboxylic acids is 1. The lowest BCUT2D eigenvalue weighted by Crippen LogP contribution is -2.42. The molecule has 0 spiro atoms. The van der Waals surface area contributed by atoms with Gasteiger partial charge in [-0.2, -0.15) is 0 Å². The summed E-state index contributed by atoms with van der Waals surface area (Å²) in [6.07, 6.45) is 5.79. The highest BCUT2D eigenvalue weighted by Crippen LogP contribution is 2.30. The van der Waals surface area contributed by atoms with Gasteiger partial charge in [0, 0.05) is 18.6 Å². The van der Waals surface area contributed by atoms with E-state index >= 15 is 0 Å². The van der Waals surface area contributed by atoms with Gasteiger partial charge >= 0.3 is 0 Å². The smallest absolute Gasteiger partial charge is 0.265 e. The van der Waals surface area contributed by atoms with Gasteiger partial charge in [-0.15, -0.1) is 0 Å². The van der Waals surface area contributed by atoms with Gasteiger partial charge in [-0.3, -0.25) is 4.79 Å². The summed E-state index contributed by atoms with van der Waals surface area (Å²) in [6.45, 7) is 8.09. The van der Waals surface area contributed by atoms with Crippen LogP contribution in [-0.4, -0.2) is 29.5 Å². The molecule has 1 fully saturated rings. The molecule has 1 aromatic rings. The van der Waals surface area contributed by atoms with Gasteiger partial charge < -0.3 is 16.0 Å². The molecule has 6 heteroatoms. The van der Waals surface area contributed by atoms with Crippen LogP contribution in [0.2, 0.25) is 0 Å². The molecule has 0 radical (unpaired) electrons. The lowest BCUT2D eigenvalue weighted by atomic mass is 10.0. The SMILES string of the molecule is CCC(C)(C)NC(=O)c1sc(N2CCCCCC2)nc1N. The van der Waals surface area contributed by atoms with Gasteiger partial charge in [-0.1, -0.05) is 31.1 Å². The summed E-state index contributed by atoms with van der Waals surface area (Å²) in [6, 6.07) is 0. The highest BCUT2D eigenvalue weighted by Gasteiger charge is 2.24. The molecule has 2 rings (SSSR count). The average Bonchev–Trinajstić information content (AvgIpc) is 2.65. The van der Waals surface area contributed by atoms with Crippen molar-refractivity contribution in [3.63, 3.8) is 0 Å². The van der Waals surface area contributed by atoms with Crippen LogP contribution >= 0.6 is 11.3 Å². The summed E-state index contributed by atoms with van der Waals surface area (Å²) in [7, 11) is 0. The third kappa shape index (κ3) is 4.09. The van der Waals surface area contributed by atoms with Gasteiger partial charge in [0.15, 0.2) is 5.13 Å². The van der Waals surface area contributed by atoms with Crippen LogP contribution < -0.4 is 16.0 Å². The van der Waals surface area contributed by atoms with Crippen molar-refractivity contribution in [1.29, 1.82) is 0 Å². The van der Waals surface area contributed by atoms with Crippen molar-refractivity contribution in [2.45, 2.75) is 58.4 Å². The fourth-order valence-electron chi connectivity index (χ4n) is 2.33. The van der Waals surface area contributed by atoms with E-state index < -0.39 is 0 Å². The highest BCUT2D eigenvalue weighted by atomic mass is 32.1. The van der Waals surface area contributed by atoms with Crippen molar-refractivity contribution in [3.8, 4) is 0 Å². The Morgan fingerprint density at radius 1 is 1.33 bits per heavy atom. The first-order valence-electron chi connectivity index (χ1n) is 7.76. The number of nitrogens with zero attached hydrogens (tertiary/aromatic N) is 2. The van der Waals surface area contributed by atoms with Gasteiger partial charge in [-0.05, 0) is 33.1 Å². The number of thiazole rings is 1. The largest absolute Gasteiger partial charge is 0.382 e. The van der Waals surface area contributed by atoms with Crippen molar-refractivity contribution in [2.24, 2.45) is 0 Å². The highest BCUT2D eigenvalue weighted by molar-refractivity contribution is 7.18. The normalized spacial score (nSPS) is 16.6. The maximum atomic E-state index is 12.4. The molecule has 1 aliphatic rings. The fourth-order valence-corrected chi connectivity index (χ4v) is 3.26. The molecular weight excluding hydrogens is 284 g/mol. The zero-order valence-corrected chi connectivity index (χ0v) is 14.1. The molecule has 0 saturated carbocycles. The minimum absolute atomic E-state index is 0.113. The van der Waals surface area contributed by atoms with Crippen LogP contribution in [0.15, 0.2) is 0 Å². The molecule has 1 amide bonds. The number of hydrogen-bond acceptors (Lipinski definition) is 5. The first kappa shape index (κ1) is 16.1. The van der Waals surface area contributed by atoms with Crippen molar-refractivity contribution < 1.29 is 4.79 Å². The molecular formula is C15H26N4OS. The van der Waals surface area contributed by atoms with E-state index in [1.807, 2.05) is 13.8 Å². The molecule has 5 nitrogen and oxygen atoms in total. The Labute approximate surface area is 130 Å². The summed E-state index contributed by atoms with van der Waals surface area (Å²) in [4.78, 5) is 19.6. The zero-order chi connectivity index (χ0) is 15.5. The molecule has 3 N–H and O–H groups in total. The molecule has 1 aliphatic heterocycles. The number of rotatable bonds is 4. The number of nitrogen functional groups attached to an aromatic ring is 1. The van der Waals surface area contributed by atoms with Crippen LogP contribution in [-0.2, 0) is 0 Å². The topological polar surface area (TPSA) is 71.2 Å². The molecule has 1 aromatic heterocycles. The quantitative estimate of drug-likeness (QED) is 0.896. The van der Waals surface area contributed by atoms with Crippen molar-refractivity contribution in [2.75, 3.05) is 23.7 Å². The van der Waals surface area contributed by atoms with Crippen molar-refractivity contribution in [3.05, 3.63) is 4.88 Å². The number of amides is 1. The van der Waals surface area contributed by atoms with Gasteiger partial charge in [0.1, 0.15) is 10.7 Å². The second-order valence-corrected chi connectivity index (χ2v) is 7.28. The lowest BCUT2D eigenvalue weighted by molar-refractivity contribution is 0.0916. The van der Waals surface area contributed by atoms with E-state index in [1.54, 1.807) is 0 Å². The molecule has 0 aliphatic carbocycles. The van der Waals surface area contributed by atoms with E-state index in [2.05, 4.69) is 22.1 Å². The Bertz CT molecular complexity index is 490. The minimum atomic E-state index is -0.226. The van der Waals surface area contributed by atoms with Crippen LogP contribution in [0.5, 0.6) is 0 Å². The van der Waals surface area contributed by atoms with Crippen LogP contribution in [0.25, 0.3) is 0 Å². The summed E-state index contributed by atoms with van der Waals surface area (Å²) >= 11 is 1.41. The van der Waals surface area contributed by atoms with Gasteiger partial charge in [0.05, 0.1) is 0 Å². The predicted octanol–water partition coefficient (Wildman–Crippen LogP) is 3.02. The molecule has 21 heavy (non-hydrogen) atoms. The van der Waals surface area contributed by atoms with E-state index in [1.165, 1.54) is 37.0 Å². The number of carbonyl (C=O) groups is 1. The van der Waals surface area contributed by atoms with E-state index in [0.717, 1.165) is 24.6 Å². The fraction of sp³-hybridized carbons (Fsp3) is 0.733.